The molecule has 9 heteroatoms. The molecule has 1 aliphatic rings. The molecule has 7 nitrogen and oxygen atoms in total. The van der Waals surface area contributed by atoms with Crippen molar-refractivity contribution in [1.29, 1.82) is 0 Å². The second kappa shape index (κ2) is 8.64. The number of esters is 1. The van der Waals surface area contributed by atoms with Gasteiger partial charge in [-0.05, 0) is 50.5 Å². The minimum Gasteiger partial charge on any atom is -0.454 e. The highest BCUT2D eigenvalue weighted by Crippen LogP contribution is 2.14. The zero-order valence-electron chi connectivity index (χ0n) is 13.9. The normalized spacial score (nSPS) is 16.3. The molecule has 0 saturated carbocycles. The van der Waals surface area contributed by atoms with Crippen LogP contribution in [0.15, 0.2) is 29.2 Å². The Hall–Kier alpha value is -1.64. The van der Waals surface area contributed by atoms with Gasteiger partial charge in [0.05, 0.1) is 4.90 Å². The summed E-state index contributed by atoms with van der Waals surface area (Å²) >= 11 is 5.73. The lowest BCUT2D eigenvalue weighted by Gasteiger charge is -2.26. The Labute approximate surface area is 152 Å². The number of likely N-dealkylation sites (tertiary alicyclic amines) is 1. The van der Waals surface area contributed by atoms with E-state index >= 15 is 0 Å². The van der Waals surface area contributed by atoms with E-state index in [0.717, 1.165) is 19.3 Å². The van der Waals surface area contributed by atoms with Gasteiger partial charge in [0.15, 0.2) is 6.61 Å². The molecule has 0 aliphatic carbocycles. The van der Waals surface area contributed by atoms with Crippen LogP contribution >= 0.6 is 11.6 Å². The molecule has 1 fully saturated rings. The van der Waals surface area contributed by atoms with Crippen molar-refractivity contribution in [2.45, 2.75) is 37.1 Å². The Bertz CT molecular complexity index is 715. The molecular formula is C16H21ClN2O5S. The molecule has 1 amide bonds. The number of ether oxygens (including phenoxy) is 1. The van der Waals surface area contributed by atoms with E-state index < -0.39 is 22.0 Å². The molecule has 0 aromatic heterocycles. The van der Waals surface area contributed by atoms with Crippen LogP contribution in [-0.4, -0.2) is 50.9 Å². The average Bonchev–Trinajstić information content (AvgIpc) is 2.60. The Balaban J connectivity index is 1.86. The molecule has 0 bridgehead atoms. The van der Waals surface area contributed by atoms with Crippen LogP contribution in [0.3, 0.4) is 0 Å². The molecule has 0 radical (unpaired) electrons. The fourth-order valence-corrected chi connectivity index (χ4v) is 3.77. The summed E-state index contributed by atoms with van der Waals surface area (Å²) in [4.78, 5) is 25.6. The summed E-state index contributed by atoms with van der Waals surface area (Å²) in [5.74, 6) is -1.07. The van der Waals surface area contributed by atoms with Crippen LogP contribution in [0, 0.1) is 0 Å². The molecule has 1 atom stereocenters. The van der Waals surface area contributed by atoms with Crippen molar-refractivity contribution in [3.8, 4) is 0 Å². The lowest BCUT2D eigenvalue weighted by molar-refractivity contribution is -0.153. The SMILES string of the molecule is CC(NS(=O)(=O)c1ccc(Cl)cc1)C(=O)OCC(=O)N1CCCCC1. The smallest absolute Gasteiger partial charge is 0.324 e. The van der Waals surface area contributed by atoms with E-state index in [-0.39, 0.29) is 17.4 Å². The Morgan fingerprint density at radius 2 is 1.80 bits per heavy atom. The van der Waals surface area contributed by atoms with E-state index in [1.54, 1.807) is 4.90 Å². The van der Waals surface area contributed by atoms with Crippen LogP contribution in [0.4, 0.5) is 0 Å². The van der Waals surface area contributed by atoms with Crippen molar-refractivity contribution in [3.63, 3.8) is 0 Å². The molecule has 138 valence electrons. The minimum atomic E-state index is -3.89. The molecular weight excluding hydrogens is 368 g/mol. The molecule has 1 aliphatic heterocycles. The topological polar surface area (TPSA) is 92.8 Å². The van der Waals surface area contributed by atoms with Crippen molar-refractivity contribution in [3.05, 3.63) is 29.3 Å². The first kappa shape index (κ1) is 19.7. The van der Waals surface area contributed by atoms with Crippen LogP contribution in [0.1, 0.15) is 26.2 Å². The molecule has 1 aromatic rings. The first-order valence-electron chi connectivity index (χ1n) is 8.02. The van der Waals surface area contributed by atoms with Gasteiger partial charge < -0.3 is 9.64 Å². The van der Waals surface area contributed by atoms with Gasteiger partial charge in [-0.25, -0.2) is 8.42 Å². The maximum absolute atomic E-state index is 12.2. The number of rotatable bonds is 6. The number of benzene rings is 1. The molecule has 1 saturated heterocycles. The van der Waals surface area contributed by atoms with Gasteiger partial charge in [-0.1, -0.05) is 11.6 Å². The lowest BCUT2D eigenvalue weighted by Crippen LogP contribution is -2.42. The average molecular weight is 389 g/mol. The third-order valence-corrected chi connectivity index (χ3v) is 5.66. The largest absolute Gasteiger partial charge is 0.454 e. The number of nitrogens with one attached hydrogen (secondary N) is 1. The predicted octanol–water partition coefficient (Wildman–Crippen LogP) is 1.56. The Kier molecular flexibility index (Phi) is 6.80. The van der Waals surface area contributed by atoms with E-state index in [0.29, 0.717) is 18.1 Å². The van der Waals surface area contributed by atoms with E-state index in [4.69, 9.17) is 16.3 Å². The first-order valence-corrected chi connectivity index (χ1v) is 9.88. The van der Waals surface area contributed by atoms with Crippen LogP contribution in [0.25, 0.3) is 0 Å². The predicted molar refractivity (Wildman–Crippen MR) is 92.6 cm³/mol. The Morgan fingerprint density at radius 3 is 2.40 bits per heavy atom. The van der Waals surface area contributed by atoms with Gasteiger partial charge in [0.1, 0.15) is 6.04 Å². The van der Waals surface area contributed by atoms with Crippen molar-refractivity contribution in [1.82, 2.24) is 9.62 Å². The van der Waals surface area contributed by atoms with E-state index in [1.165, 1.54) is 31.2 Å². The molecule has 25 heavy (non-hydrogen) atoms. The molecule has 2 rings (SSSR count). The third-order valence-electron chi connectivity index (χ3n) is 3.86. The van der Waals surface area contributed by atoms with E-state index in [2.05, 4.69) is 4.72 Å². The number of hydrogen-bond acceptors (Lipinski definition) is 5. The quantitative estimate of drug-likeness (QED) is 0.746. The summed E-state index contributed by atoms with van der Waals surface area (Å²) in [5, 5.41) is 0.405. The number of halogens is 1. The zero-order chi connectivity index (χ0) is 18.4. The number of carbonyl (C=O) groups excluding carboxylic acids is 2. The standard InChI is InChI=1S/C16H21ClN2O5S/c1-12(18-25(22,23)14-7-5-13(17)6-8-14)16(21)24-11-15(20)19-9-3-2-4-10-19/h5-8,12,18H,2-4,9-11H2,1H3. The van der Waals surface area contributed by atoms with Crippen molar-refractivity contribution in [2.24, 2.45) is 0 Å². The summed E-state index contributed by atoms with van der Waals surface area (Å²) in [6, 6.07) is 4.44. The molecule has 1 unspecified atom stereocenters. The summed E-state index contributed by atoms with van der Waals surface area (Å²) < 4.78 is 31.6. The van der Waals surface area contributed by atoms with Gasteiger partial charge in [0.25, 0.3) is 5.91 Å². The van der Waals surface area contributed by atoms with Crippen molar-refractivity contribution >= 4 is 33.5 Å². The van der Waals surface area contributed by atoms with Gasteiger partial charge in [-0.2, -0.15) is 4.72 Å². The van der Waals surface area contributed by atoms with Gasteiger partial charge >= 0.3 is 5.97 Å². The number of hydrogen-bond donors (Lipinski definition) is 1. The van der Waals surface area contributed by atoms with Crippen LogP contribution in [0.5, 0.6) is 0 Å². The van der Waals surface area contributed by atoms with Gasteiger partial charge in [-0.3, -0.25) is 9.59 Å². The van der Waals surface area contributed by atoms with Gasteiger partial charge in [-0.15, -0.1) is 0 Å². The maximum atomic E-state index is 12.2. The van der Waals surface area contributed by atoms with Crippen molar-refractivity contribution in [2.75, 3.05) is 19.7 Å². The summed E-state index contributed by atoms with van der Waals surface area (Å²) in [6.07, 6.45) is 2.97. The maximum Gasteiger partial charge on any atom is 0.324 e. The number of sulfonamides is 1. The van der Waals surface area contributed by atoms with Crippen LogP contribution < -0.4 is 4.72 Å². The fourth-order valence-electron chi connectivity index (χ4n) is 2.46. The molecule has 1 aromatic carbocycles. The van der Waals surface area contributed by atoms with E-state index in [9.17, 15) is 18.0 Å². The van der Waals surface area contributed by atoms with Crippen molar-refractivity contribution < 1.29 is 22.7 Å². The van der Waals surface area contributed by atoms with Gasteiger partial charge in [0.2, 0.25) is 10.0 Å². The number of amides is 1. The molecule has 1 heterocycles. The second-order valence-electron chi connectivity index (χ2n) is 5.85. The van der Waals surface area contributed by atoms with Crippen LogP contribution in [-0.2, 0) is 24.3 Å². The van der Waals surface area contributed by atoms with Gasteiger partial charge in [0, 0.05) is 18.1 Å². The highest BCUT2D eigenvalue weighted by atomic mass is 35.5. The first-order chi connectivity index (χ1) is 11.8. The molecule has 1 N–H and O–H groups in total. The number of carbonyl (C=O) groups is 2. The lowest BCUT2D eigenvalue weighted by atomic mass is 10.1. The summed E-state index contributed by atoms with van der Waals surface area (Å²) in [7, 11) is -3.89. The van der Waals surface area contributed by atoms with E-state index in [1.807, 2.05) is 0 Å². The fraction of sp³-hybridized carbons (Fsp3) is 0.500. The summed E-state index contributed by atoms with van der Waals surface area (Å²) in [6.45, 7) is 2.30. The number of nitrogens with zero attached hydrogens (tertiary/aromatic N) is 1. The second-order valence-corrected chi connectivity index (χ2v) is 8.00. The van der Waals surface area contributed by atoms with Crippen LogP contribution in [0.2, 0.25) is 5.02 Å². The minimum absolute atomic E-state index is 0.0130. The monoisotopic (exact) mass is 388 g/mol. The zero-order valence-corrected chi connectivity index (χ0v) is 15.5. The highest BCUT2D eigenvalue weighted by molar-refractivity contribution is 7.89. The highest BCUT2D eigenvalue weighted by Gasteiger charge is 2.25. The Morgan fingerprint density at radius 1 is 1.20 bits per heavy atom. The third kappa shape index (κ3) is 5.69. The summed E-state index contributed by atoms with van der Waals surface area (Å²) in [5.41, 5.74) is 0. The number of piperidine rings is 1. The molecule has 0 spiro atoms.